The van der Waals surface area contributed by atoms with E-state index in [4.69, 9.17) is 9.47 Å². The summed E-state index contributed by atoms with van der Waals surface area (Å²) in [5.74, 6) is 1.18. The molecule has 0 radical (unpaired) electrons. The van der Waals surface area contributed by atoms with Crippen molar-refractivity contribution in [3.8, 4) is 11.5 Å². The summed E-state index contributed by atoms with van der Waals surface area (Å²) >= 11 is 0. The van der Waals surface area contributed by atoms with Gasteiger partial charge in [-0.1, -0.05) is 18.2 Å². The average Bonchev–Trinajstić information content (AvgIpc) is 2.47. The molecule has 5 nitrogen and oxygen atoms in total. The molecule has 0 fully saturated rings. The molecule has 2 rings (SSSR count). The van der Waals surface area contributed by atoms with Gasteiger partial charge in [0, 0.05) is 11.3 Å². The highest BCUT2D eigenvalue weighted by atomic mass is 16.6. The van der Waals surface area contributed by atoms with Gasteiger partial charge in [-0.3, -0.25) is 10.1 Å². The highest BCUT2D eigenvalue weighted by Crippen LogP contribution is 2.36. The van der Waals surface area contributed by atoms with Crippen LogP contribution in [0.25, 0.3) is 0 Å². The molecule has 0 unspecified atom stereocenters. The Hall–Kier alpha value is -2.04. The van der Waals surface area contributed by atoms with Gasteiger partial charge < -0.3 is 9.47 Å². The molecule has 0 N–H and O–H groups in total. The molecule has 1 aromatic carbocycles. The maximum Gasteiger partial charge on any atom is 0.223 e. The second-order valence-electron chi connectivity index (χ2n) is 4.75. The number of rotatable bonds is 5. The lowest BCUT2D eigenvalue weighted by molar-refractivity contribution is -0.526. The monoisotopic (exact) mass is 277 g/mol. The molecule has 0 heterocycles. The molecule has 5 heteroatoms. The summed E-state index contributed by atoms with van der Waals surface area (Å²) in [6.07, 6.45) is 5.06. The van der Waals surface area contributed by atoms with Crippen molar-refractivity contribution in [2.75, 3.05) is 13.7 Å². The molecule has 0 spiro atoms. The second-order valence-corrected chi connectivity index (χ2v) is 4.75. The van der Waals surface area contributed by atoms with E-state index < -0.39 is 6.04 Å². The van der Waals surface area contributed by atoms with Crippen molar-refractivity contribution in [1.82, 2.24) is 0 Å². The lowest BCUT2D eigenvalue weighted by Gasteiger charge is -2.23. The Morgan fingerprint density at radius 3 is 2.70 bits per heavy atom. The molecule has 1 aromatic rings. The number of hydrogen-bond donors (Lipinski definition) is 0. The van der Waals surface area contributed by atoms with Gasteiger partial charge >= 0.3 is 0 Å². The van der Waals surface area contributed by atoms with Crippen molar-refractivity contribution in [2.24, 2.45) is 0 Å². The quantitative estimate of drug-likeness (QED) is 0.471. The zero-order valence-corrected chi connectivity index (χ0v) is 11.7. The van der Waals surface area contributed by atoms with Gasteiger partial charge in [0.25, 0.3) is 0 Å². The third-order valence-electron chi connectivity index (χ3n) is 3.59. The maximum absolute atomic E-state index is 11.2. The Bertz CT molecular complexity index is 513. The first kappa shape index (κ1) is 14.4. The number of nitrogens with zero attached hydrogens (tertiary/aromatic N) is 1. The highest BCUT2D eigenvalue weighted by molar-refractivity contribution is 5.44. The number of hydrogen-bond acceptors (Lipinski definition) is 4. The predicted molar refractivity (Wildman–Crippen MR) is 76.1 cm³/mol. The largest absolute Gasteiger partial charge is 0.493 e. The van der Waals surface area contributed by atoms with Crippen LogP contribution < -0.4 is 9.47 Å². The Kier molecular flexibility index (Phi) is 4.61. The Morgan fingerprint density at radius 2 is 2.05 bits per heavy atom. The van der Waals surface area contributed by atoms with Gasteiger partial charge in [0.1, 0.15) is 0 Å². The SMILES string of the molecule is CCOc1cc([C@@H]2CC=CC[C@@H]2[N+](=O)[O-])ccc1OC. The zero-order valence-electron chi connectivity index (χ0n) is 11.7. The summed E-state index contributed by atoms with van der Waals surface area (Å²) in [7, 11) is 1.58. The minimum Gasteiger partial charge on any atom is -0.493 e. The third-order valence-corrected chi connectivity index (χ3v) is 3.59. The highest BCUT2D eigenvalue weighted by Gasteiger charge is 2.33. The summed E-state index contributed by atoms with van der Waals surface area (Å²) in [5.41, 5.74) is 0.931. The van der Waals surface area contributed by atoms with Crippen LogP contribution in [0.3, 0.4) is 0 Å². The number of nitro groups is 1. The lowest BCUT2D eigenvalue weighted by atomic mass is 9.83. The number of allylic oxidation sites excluding steroid dienone is 1. The van der Waals surface area contributed by atoms with E-state index in [-0.39, 0.29) is 10.8 Å². The molecule has 2 atom stereocenters. The second kappa shape index (κ2) is 6.41. The van der Waals surface area contributed by atoms with Gasteiger partial charge in [0.15, 0.2) is 11.5 Å². The smallest absolute Gasteiger partial charge is 0.223 e. The van der Waals surface area contributed by atoms with Crippen LogP contribution >= 0.6 is 0 Å². The molecule has 0 aromatic heterocycles. The topological polar surface area (TPSA) is 61.6 Å². The van der Waals surface area contributed by atoms with Crippen LogP contribution in [0, 0.1) is 10.1 Å². The fraction of sp³-hybridized carbons (Fsp3) is 0.467. The van der Waals surface area contributed by atoms with Crippen LogP contribution in [-0.4, -0.2) is 24.7 Å². The zero-order chi connectivity index (χ0) is 14.5. The molecule has 0 saturated carbocycles. The average molecular weight is 277 g/mol. The van der Waals surface area contributed by atoms with Gasteiger partial charge in [0.05, 0.1) is 19.6 Å². The molecular weight excluding hydrogens is 258 g/mol. The van der Waals surface area contributed by atoms with Gasteiger partial charge in [0.2, 0.25) is 6.04 Å². The van der Waals surface area contributed by atoms with E-state index in [0.717, 1.165) is 5.56 Å². The fourth-order valence-corrected chi connectivity index (χ4v) is 2.58. The van der Waals surface area contributed by atoms with E-state index in [1.165, 1.54) is 0 Å². The predicted octanol–water partition coefficient (Wildman–Crippen LogP) is 3.17. The standard InChI is InChI=1S/C15H19NO4/c1-3-20-15-10-11(8-9-14(15)19-2)12-6-4-5-7-13(12)16(17)18/h4-5,8-10,12-13H,3,6-7H2,1-2H3/t12-,13-/m0/s1. The Balaban J connectivity index is 2.33. The van der Waals surface area contributed by atoms with E-state index in [9.17, 15) is 10.1 Å². The normalized spacial score (nSPS) is 21.5. The van der Waals surface area contributed by atoms with Gasteiger partial charge in [-0.25, -0.2) is 0 Å². The van der Waals surface area contributed by atoms with Crippen molar-refractivity contribution in [1.29, 1.82) is 0 Å². The van der Waals surface area contributed by atoms with E-state index in [2.05, 4.69) is 0 Å². The summed E-state index contributed by atoms with van der Waals surface area (Å²) < 4.78 is 10.8. The van der Waals surface area contributed by atoms with Crippen LogP contribution in [0.4, 0.5) is 0 Å². The van der Waals surface area contributed by atoms with Crippen LogP contribution in [-0.2, 0) is 0 Å². The first-order valence-corrected chi connectivity index (χ1v) is 6.76. The molecule has 20 heavy (non-hydrogen) atoms. The number of benzene rings is 1. The molecule has 108 valence electrons. The number of ether oxygens (including phenoxy) is 2. The summed E-state index contributed by atoms with van der Waals surface area (Å²) in [4.78, 5) is 11.0. The first-order chi connectivity index (χ1) is 9.67. The molecule has 0 bridgehead atoms. The van der Waals surface area contributed by atoms with Crippen LogP contribution in [0.5, 0.6) is 11.5 Å². The molecule has 0 saturated heterocycles. The van der Waals surface area contributed by atoms with E-state index >= 15 is 0 Å². The van der Waals surface area contributed by atoms with Gasteiger partial charge in [-0.05, 0) is 31.0 Å². The minimum atomic E-state index is -0.567. The van der Waals surface area contributed by atoms with E-state index in [0.29, 0.717) is 30.9 Å². The molecule has 1 aliphatic carbocycles. The van der Waals surface area contributed by atoms with Crippen molar-refractivity contribution < 1.29 is 14.4 Å². The van der Waals surface area contributed by atoms with E-state index in [1.807, 2.05) is 37.3 Å². The maximum atomic E-state index is 11.2. The molecule has 1 aliphatic rings. The van der Waals surface area contributed by atoms with Crippen LogP contribution in [0.15, 0.2) is 30.4 Å². The fourth-order valence-electron chi connectivity index (χ4n) is 2.58. The Labute approximate surface area is 118 Å². The van der Waals surface area contributed by atoms with Crippen molar-refractivity contribution in [2.45, 2.75) is 31.7 Å². The van der Waals surface area contributed by atoms with Gasteiger partial charge in [-0.2, -0.15) is 0 Å². The van der Waals surface area contributed by atoms with Crippen LogP contribution in [0.1, 0.15) is 31.2 Å². The number of methoxy groups -OCH3 is 1. The van der Waals surface area contributed by atoms with E-state index in [1.54, 1.807) is 7.11 Å². The summed E-state index contributed by atoms with van der Waals surface area (Å²) in [6.45, 7) is 2.43. The summed E-state index contributed by atoms with van der Waals surface area (Å²) in [6, 6.07) is 5.00. The minimum absolute atomic E-state index is 0.111. The first-order valence-electron chi connectivity index (χ1n) is 6.76. The van der Waals surface area contributed by atoms with Crippen molar-refractivity contribution >= 4 is 0 Å². The molecule has 0 amide bonds. The Morgan fingerprint density at radius 1 is 1.30 bits per heavy atom. The van der Waals surface area contributed by atoms with Crippen molar-refractivity contribution in [3.63, 3.8) is 0 Å². The molecule has 0 aliphatic heterocycles. The van der Waals surface area contributed by atoms with Crippen molar-refractivity contribution in [3.05, 3.63) is 46.0 Å². The molecular formula is C15H19NO4. The lowest BCUT2D eigenvalue weighted by Crippen LogP contribution is -2.28. The van der Waals surface area contributed by atoms with Gasteiger partial charge in [-0.15, -0.1) is 0 Å². The third kappa shape index (κ3) is 2.92. The summed E-state index contributed by atoms with van der Waals surface area (Å²) in [5, 5.41) is 11.2. The van der Waals surface area contributed by atoms with Crippen LogP contribution in [0.2, 0.25) is 0 Å².